The van der Waals surface area contributed by atoms with E-state index >= 15 is 0 Å². The summed E-state index contributed by atoms with van der Waals surface area (Å²) < 4.78 is 0. The van der Waals surface area contributed by atoms with Crippen LogP contribution in [-0.2, 0) is 12.8 Å². The molecule has 0 aromatic heterocycles. The molecular formula is C42H30S. The van der Waals surface area contributed by atoms with Crippen LogP contribution in [0.5, 0.6) is 0 Å². The maximum absolute atomic E-state index is 2.31. The Morgan fingerprint density at radius 1 is 0.326 bits per heavy atom. The van der Waals surface area contributed by atoms with Crippen LogP contribution in [0, 0.1) is 0 Å². The van der Waals surface area contributed by atoms with E-state index in [0.29, 0.717) is 0 Å². The highest BCUT2D eigenvalue weighted by atomic mass is 32.2. The standard InChI is InChI=1S/C42H30S/c1-5-13-37-31(9-1)27-32-10-2-6-14-38(32)41(37)25-29-17-21-35(22-18-29)43-36-23-19-30(20-24-36)26-42-39-15-7-3-11-33(39)28-34-12-4-8-16-40(34)42/h1-24,27-28H,25-26H2. The zero-order valence-electron chi connectivity index (χ0n) is 23.8. The summed E-state index contributed by atoms with van der Waals surface area (Å²) in [7, 11) is 0. The van der Waals surface area contributed by atoms with E-state index in [2.05, 4.69) is 158 Å². The highest BCUT2D eigenvalue weighted by molar-refractivity contribution is 7.99. The van der Waals surface area contributed by atoms with Crippen molar-refractivity contribution in [2.24, 2.45) is 0 Å². The van der Waals surface area contributed by atoms with Crippen molar-refractivity contribution in [3.05, 3.63) is 180 Å². The van der Waals surface area contributed by atoms with Gasteiger partial charge in [-0.05, 0) is 115 Å². The van der Waals surface area contributed by atoms with Gasteiger partial charge in [0, 0.05) is 9.79 Å². The Balaban J connectivity index is 1.02. The maximum Gasteiger partial charge on any atom is 0.0122 e. The van der Waals surface area contributed by atoms with Crippen LogP contribution in [0.15, 0.2) is 168 Å². The van der Waals surface area contributed by atoms with Crippen molar-refractivity contribution in [2.75, 3.05) is 0 Å². The van der Waals surface area contributed by atoms with E-state index in [1.165, 1.54) is 75.1 Å². The molecule has 1 heteroatoms. The number of rotatable bonds is 6. The minimum Gasteiger partial charge on any atom is -0.0901 e. The molecule has 0 N–H and O–H groups in total. The van der Waals surface area contributed by atoms with Gasteiger partial charge in [0.15, 0.2) is 0 Å². The van der Waals surface area contributed by atoms with E-state index in [1.54, 1.807) is 0 Å². The maximum atomic E-state index is 2.31. The smallest absolute Gasteiger partial charge is 0.0122 e. The molecule has 8 aromatic carbocycles. The van der Waals surface area contributed by atoms with Crippen molar-refractivity contribution in [2.45, 2.75) is 22.6 Å². The quantitative estimate of drug-likeness (QED) is 0.180. The molecule has 204 valence electrons. The van der Waals surface area contributed by atoms with Gasteiger partial charge in [0.2, 0.25) is 0 Å². The van der Waals surface area contributed by atoms with Crippen LogP contribution in [0.3, 0.4) is 0 Å². The van der Waals surface area contributed by atoms with Gasteiger partial charge in [0.25, 0.3) is 0 Å². The molecule has 0 heterocycles. The molecule has 0 radical (unpaired) electrons. The first-order valence-electron chi connectivity index (χ1n) is 14.9. The molecule has 0 bridgehead atoms. The molecule has 0 atom stereocenters. The predicted molar refractivity (Wildman–Crippen MR) is 186 cm³/mol. The fourth-order valence-corrected chi connectivity index (χ4v) is 7.31. The molecule has 0 fully saturated rings. The molecule has 0 spiro atoms. The Bertz CT molecular complexity index is 1970. The summed E-state index contributed by atoms with van der Waals surface area (Å²) in [4.78, 5) is 2.53. The average Bonchev–Trinajstić information content (AvgIpc) is 3.06. The number of hydrogen-bond acceptors (Lipinski definition) is 1. The van der Waals surface area contributed by atoms with Crippen LogP contribution in [0.25, 0.3) is 43.1 Å². The Kier molecular flexibility index (Phi) is 6.66. The Morgan fingerprint density at radius 2 is 0.628 bits per heavy atom. The Labute approximate surface area is 256 Å². The second-order valence-electron chi connectivity index (χ2n) is 11.3. The molecule has 0 saturated heterocycles. The molecule has 0 aliphatic carbocycles. The third-order valence-electron chi connectivity index (χ3n) is 8.61. The number of benzene rings is 8. The second kappa shape index (κ2) is 11.1. The first-order chi connectivity index (χ1) is 21.3. The van der Waals surface area contributed by atoms with Gasteiger partial charge in [-0.3, -0.25) is 0 Å². The molecule has 0 amide bonds. The zero-order chi connectivity index (χ0) is 28.6. The van der Waals surface area contributed by atoms with Gasteiger partial charge in [-0.15, -0.1) is 0 Å². The fourth-order valence-electron chi connectivity index (χ4n) is 6.49. The van der Waals surface area contributed by atoms with Crippen LogP contribution in [0.2, 0.25) is 0 Å². The highest BCUT2D eigenvalue weighted by Crippen LogP contribution is 2.34. The first-order valence-corrected chi connectivity index (χ1v) is 15.7. The molecular weight excluding hydrogens is 537 g/mol. The summed E-state index contributed by atoms with van der Waals surface area (Å²) in [6, 6.07) is 57.9. The van der Waals surface area contributed by atoms with E-state index in [1.807, 2.05) is 11.8 Å². The lowest BCUT2D eigenvalue weighted by Crippen LogP contribution is -1.93. The zero-order valence-corrected chi connectivity index (χ0v) is 24.7. The molecule has 0 aliphatic rings. The lowest BCUT2D eigenvalue weighted by Gasteiger charge is -2.13. The lowest BCUT2D eigenvalue weighted by molar-refractivity contribution is 1.21. The second-order valence-corrected chi connectivity index (χ2v) is 12.5. The summed E-state index contributed by atoms with van der Waals surface area (Å²) in [5, 5.41) is 10.6. The van der Waals surface area contributed by atoms with Crippen molar-refractivity contribution in [3.8, 4) is 0 Å². The number of fused-ring (bicyclic) bond motifs is 4. The minimum atomic E-state index is 0.921. The van der Waals surface area contributed by atoms with Gasteiger partial charge in [-0.1, -0.05) is 133 Å². The van der Waals surface area contributed by atoms with Crippen LogP contribution in [0.4, 0.5) is 0 Å². The van der Waals surface area contributed by atoms with Crippen molar-refractivity contribution < 1.29 is 0 Å². The Hall–Kier alpha value is -4.85. The van der Waals surface area contributed by atoms with E-state index < -0.39 is 0 Å². The van der Waals surface area contributed by atoms with Gasteiger partial charge in [-0.2, -0.15) is 0 Å². The predicted octanol–water partition coefficient (Wildman–Crippen LogP) is 11.6. The fraction of sp³-hybridized carbons (Fsp3) is 0.0476. The van der Waals surface area contributed by atoms with Gasteiger partial charge < -0.3 is 0 Å². The Morgan fingerprint density at radius 3 is 0.953 bits per heavy atom. The van der Waals surface area contributed by atoms with Crippen molar-refractivity contribution in [1.29, 1.82) is 0 Å². The van der Waals surface area contributed by atoms with Gasteiger partial charge in [-0.25, -0.2) is 0 Å². The number of hydrogen-bond donors (Lipinski definition) is 0. The molecule has 8 aromatic rings. The highest BCUT2D eigenvalue weighted by Gasteiger charge is 2.10. The van der Waals surface area contributed by atoms with E-state index in [-0.39, 0.29) is 0 Å². The van der Waals surface area contributed by atoms with Crippen LogP contribution < -0.4 is 0 Å². The third kappa shape index (κ3) is 5.07. The third-order valence-corrected chi connectivity index (χ3v) is 9.63. The van der Waals surface area contributed by atoms with Crippen molar-refractivity contribution in [1.82, 2.24) is 0 Å². The molecule has 8 rings (SSSR count). The van der Waals surface area contributed by atoms with Gasteiger partial charge in [0.1, 0.15) is 0 Å². The van der Waals surface area contributed by atoms with Gasteiger partial charge >= 0.3 is 0 Å². The van der Waals surface area contributed by atoms with Gasteiger partial charge in [0.05, 0.1) is 0 Å². The van der Waals surface area contributed by atoms with E-state index in [9.17, 15) is 0 Å². The van der Waals surface area contributed by atoms with Crippen LogP contribution in [-0.4, -0.2) is 0 Å². The summed E-state index contributed by atoms with van der Waals surface area (Å²) in [6.07, 6.45) is 1.84. The summed E-state index contributed by atoms with van der Waals surface area (Å²) in [5.74, 6) is 0. The molecule has 0 nitrogen and oxygen atoms in total. The first kappa shape index (κ1) is 25.8. The SMILES string of the molecule is c1ccc2c(Cc3ccc(Sc4ccc(Cc5c6ccccc6cc6ccccc56)cc4)cc3)c3ccccc3cc2c1. The molecule has 0 aliphatic heterocycles. The minimum absolute atomic E-state index is 0.921. The lowest BCUT2D eigenvalue weighted by atomic mass is 9.92. The normalized spacial score (nSPS) is 11.5. The summed E-state index contributed by atoms with van der Waals surface area (Å²) >= 11 is 1.83. The van der Waals surface area contributed by atoms with Crippen LogP contribution >= 0.6 is 11.8 Å². The molecule has 0 saturated carbocycles. The summed E-state index contributed by atoms with van der Waals surface area (Å²) in [6.45, 7) is 0. The monoisotopic (exact) mass is 566 g/mol. The molecule has 43 heavy (non-hydrogen) atoms. The van der Waals surface area contributed by atoms with Crippen molar-refractivity contribution >= 4 is 54.9 Å². The topological polar surface area (TPSA) is 0 Å². The summed E-state index contributed by atoms with van der Waals surface area (Å²) in [5.41, 5.74) is 5.49. The van der Waals surface area contributed by atoms with Crippen molar-refractivity contribution in [3.63, 3.8) is 0 Å². The average molecular weight is 567 g/mol. The van der Waals surface area contributed by atoms with Crippen LogP contribution in [0.1, 0.15) is 22.3 Å². The largest absolute Gasteiger partial charge is 0.0901 e. The molecule has 0 unspecified atom stereocenters. The van der Waals surface area contributed by atoms with E-state index in [4.69, 9.17) is 0 Å². The van der Waals surface area contributed by atoms with E-state index in [0.717, 1.165) is 12.8 Å².